The van der Waals surface area contributed by atoms with E-state index in [4.69, 9.17) is 19.9 Å². The van der Waals surface area contributed by atoms with E-state index in [2.05, 4.69) is 61.9 Å². The number of nitrogens with zero attached hydrogens (tertiary/aromatic N) is 3. The zero-order chi connectivity index (χ0) is 37.1. The van der Waals surface area contributed by atoms with E-state index in [1.165, 1.54) is 82.0 Å². The number of nitrogens with one attached hydrogen (secondary N) is 1. The number of aryl methyl sites for hydroxylation is 2. The zero-order valence-corrected chi connectivity index (χ0v) is 33.4. The van der Waals surface area contributed by atoms with Crippen LogP contribution in [0.4, 0.5) is 0 Å². The molecule has 51 heavy (non-hydrogen) atoms. The summed E-state index contributed by atoms with van der Waals surface area (Å²) in [5, 5.41) is 11.9. The first-order valence-electron chi connectivity index (χ1n) is 20.8. The van der Waals surface area contributed by atoms with Crippen molar-refractivity contribution in [3.63, 3.8) is 0 Å². The van der Waals surface area contributed by atoms with Crippen LogP contribution in [-0.2, 0) is 43.2 Å². The second-order valence-electron chi connectivity index (χ2n) is 16.5. The quantitative estimate of drug-likeness (QED) is 0.0817. The zero-order valence-electron chi connectivity index (χ0n) is 33.4. The Morgan fingerprint density at radius 1 is 0.804 bits per heavy atom. The first-order valence-corrected chi connectivity index (χ1v) is 20.8. The van der Waals surface area contributed by atoms with Crippen molar-refractivity contribution >= 4 is 11.8 Å². The average Bonchev–Trinajstić information content (AvgIpc) is 3.54. The van der Waals surface area contributed by atoms with E-state index in [0.29, 0.717) is 43.7 Å². The molecule has 1 fully saturated rings. The number of rotatable bonds is 29. The van der Waals surface area contributed by atoms with Crippen LogP contribution in [0, 0.1) is 28.6 Å². The number of unbranched alkanes of at least 4 members (excludes halogenated alkanes) is 1. The van der Waals surface area contributed by atoms with Crippen LogP contribution in [-0.4, -0.2) is 72.5 Å². The van der Waals surface area contributed by atoms with Crippen LogP contribution in [0.5, 0.6) is 0 Å². The molecule has 4 unspecified atom stereocenters. The highest BCUT2D eigenvalue weighted by Gasteiger charge is 2.51. The Labute approximate surface area is 310 Å². The number of amides is 2. The normalized spacial score (nSPS) is 19.5. The Balaban J connectivity index is 1.26. The third-order valence-corrected chi connectivity index (χ3v) is 11.9. The van der Waals surface area contributed by atoms with Gasteiger partial charge < -0.3 is 25.3 Å². The monoisotopic (exact) mass is 718 g/mol. The number of nitrogens with two attached hydrogens (primary N) is 1. The van der Waals surface area contributed by atoms with Gasteiger partial charge in [-0.15, -0.1) is 5.10 Å². The topological polar surface area (TPSA) is 131 Å². The summed E-state index contributed by atoms with van der Waals surface area (Å²) >= 11 is 0. The number of carbonyl (C=O) groups excluding carboxylic acids is 2. The first kappa shape index (κ1) is 43.4. The minimum Gasteiger partial charge on any atom is -0.379 e. The van der Waals surface area contributed by atoms with Crippen LogP contribution >= 0.6 is 0 Å². The van der Waals surface area contributed by atoms with Gasteiger partial charge in [0.05, 0.1) is 44.4 Å². The number of primary amides is 1. The molecular weight excluding hydrogens is 642 g/mol. The van der Waals surface area contributed by atoms with E-state index in [-0.39, 0.29) is 18.9 Å². The van der Waals surface area contributed by atoms with Gasteiger partial charge in [-0.3, -0.25) is 9.59 Å². The van der Waals surface area contributed by atoms with Crippen molar-refractivity contribution in [3.05, 3.63) is 11.4 Å². The summed E-state index contributed by atoms with van der Waals surface area (Å²) in [6, 6.07) is -0.686. The molecule has 3 rings (SSSR count). The van der Waals surface area contributed by atoms with Gasteiger partial charge in [0.1, 0.15) is 6.04 Å². The van der Waals surface area contributed by atoms with Gasteiger partial charge in [0.15, 0.2) is 0 Å². The molecule has 294 valence electrons. The summed E-state index contributed by atoms with van der Waals surface area (Å²) in [6.07, 6.45) is 19.4. The van der Waals surface area contributed by atoms with E-state index < -0.39 is 11.9 Å². The van der Waals surface area contributed by atoms with Gasteiger partial charge in [0, 0.05) is 19.6 Å². The largest absolute Gasteiger partial charge is 0.379 e. The molecule has 3 N–H and O–H groups in total. The van der Waals surface area contributed by atoms with Crippen LogP contribution in [0.25, 0.3) is 0 Å². The van der Waals surface area contributed by atoms with Crippen molar-refractivity contribution in [1.82, 2.24) is 20.3 Å². The lowest BCUT2D eigenvalue weighted by Gasteiger charge is -2.29. The number of carbonyl (C=O) groups is 2. The smallest absolute Gasteiger partial charge is 0.239 e. The van der Waals surface area contributed by atoms with Crippen LogP contribution in [0.3, 0.4) is 0 Å². The Kier molecular flexibility index (Phi) is 19.5. The molecular formula is C41H75N5O5. The van der Waals surface area contributed by atoms with E-state index in [9.17, 15) is 9.59 Å². The Morgan fingerprint density at radius 3 is 1.98 bits per heavy atom. The highest BCUT2D eigenvalue weighted by molar-refractivity contribution is 5.86. The maximum absolute atomic E-state index is 12.5. The molecule has 10 heteroatoms. The molecule has 2 amide bonds. The second-order valence-corrected chi connectivity index (χ2v) is 16.5. The lowest BCUT2D eigenvalue weighted by molar-refractivity contribution is -0.128. The molecule has 1 saturated carbocycles. The van der Waals surface area contributed by atoms with Gasteiger partial charge in [-0.05, 0) is 112 Å². The highest BCUT2D eigenvalue weighted by Crippen LogP contribution is 2.58. The second kappa shape index (κ2) is 22.9. The molecule has 1 aromatic heterocycles. The summed E-state index contributed by atoms with van der Waals surface area (Å²) < 4.78 is 19.1. The molecule has 0 saturated heterocycles. The van der Waals surface area contributed by atoms with Crippen LogP contribution in [0.2, 0.25) is 0 Å². The van der Waals surface area contributed by atoms with Gasteiger partial charge in [-0.25, -0.2) is 4.68 Å². The number of fused-ring (bicyclic) bond motifs is 2. The van der Waals surface area contributed by atoms with Crippen LogP contribution in [0.1, 0.15) is 156 Å². The summed E-state index contributed by atoms with van der Waals surface area (Å²) in [6.45, 7) is 17.8. The average molecular weight is 718 g/mol. The highest BCUT2D eigenvalue weighted by atomic mass is 16.5. The third kappa shape index (κ3) is 15.1. The molecule has 1 aromatic rings. The minimum atomic E-state index is -0.686. The van der Waals surface area contributed by atoms with Crippen LogP contribution in [0.15, 0.2) is 0 Å². The molecule has 4 atom stereocenters. The predicted octanol–water partition coefficient (Wildman–Crippen LogP) is 7.59. The van der Waals surface area contributed by atoms with Crippen molar-refractivity contribution in [2.24, 2.45) is 34.3 Å². The van der Waals surface area contributed by atoms with Gasteiger partial charge in [0.2, 0.25) is 11.8 Å². The molecule has 2 aliphatic rings. The molecule has 0 spiro atoms. The molecule has 0 bridgehead atoms. The van der Waals surface area contributed by atoms with Gasteiger partial charge in [-0.2, -0.15) is 0 Å². The van der Waals surface area contributed by atoms with Gasteiger partial charge in [-0.1, -0.05) is 72.4 Å². The number of hydrogen-bond acceptors (Lipinski definition) is 7. The lowest BCUT2D eigenvalue weighted by Crippen LogP contribution is -2.44. The Bertz CT molecular complexity index is 1130. The number of ether oxygens (including phenoxy) is 3. The van der Waals surface area contributed by atoms with E-state index >= 15 is 0 Å². The molecule has 10 nitrogen and oxygen atoms in total. The van der Waals surface area contributed by atoms with Crippen molar-refractivity contribution in [1.29, 1.82) is 0 Å². The fourth-order valence-electron chi connectivity index (χ4n) is 9.18. The van der Waals surface area contributed by atoms with Crippen molar-refractivity contribution in [2.45, 2.75) is 170 Å². The number of aromatic nitrogens is 3. The lowest BCUT2D eigenvalue weighted by atomic mass is 9.76. The SMILES string of the molecule is CCCC(C)(CCC)CCOCCOCCOCCC(=O)NC(CCCCn1nnc2c1CCC1C(CC2)C1CC(C)(CCC)CCC)C(N)=O. The maximum atomic E-state index is 12.5. The van der Waals surface area contributed by atoms with E-state index in [0.717, 1.165) is 63.0 Å². The maximum Gasteiger partial charge on any atom is 0.239 e. The molecule has 1 heterocycles. The predicted molar refractivity (Wildman–Crippen MR) is 204 cm³/mol. The minimum absolute atomic E-state index is 0.172. The van der Waals surface area contributed by atoms with Crippen molar-refractivity contribution in [3.8, 4) is 0 Å². The molecule has 0 radical (unpaired) electrons. The summed E-state index contributed by atoms with van der Waals surface area (Å²) in [5.74, 6) is 1.86. The first-order chi connectivity index (χ1) is 24.6. The number of hydrogen-bond donors (Lipinski definition) is 2. The molecule has 0 aromatic carbocycles. The van der Waals surface area contributed by atoms with Gasteiger partial charge >= 0.3 is 0 Å². The molecule has 2 aliphatic carbocycles. The Hall–Kier alpha value is -2.04. The Morgan fingerprint density at radius 2 is 1.37 bits per heavy atom. The third-order valence-electron chi connectivity index (χ3n) is 11.9. The summed E-state index contributed by atoms with van der Waals surface area (Å²) in [7, 11) is 0. The van der Waals surface area contributed by atoms with Gasteiger partial charge in [0.25, 0.3) is 0 Å². The summed E-state index contributed by atoms with van der Waals surface area (Å²) in [5.41, 5.74) is 8.99. The van der Waals surface area contributed by atoms with E-state index in [1.54, 1.807) is 0 Å². The van der Waals surface area contributed by atoms with Crippen molar-refractivity contribution < 1.29 is 23.8 Å². The standard InChI is InChI=1S/C41H75N5O5/c1-7-19-40(5,20-8-2)23-26-50-28-30-51-29-27-49-25-18-38(47)43-36(39(42)48)13-11-12-24-46-37-17-15-33-32(14-16-35(37)44-45-46)34(33)31-41(6,21-9-3)22-10-4/h32-34,36H,7-31H2,1-6H3,(H2,42,48)(H,43,47). The van der Waals surface area contributed by atoms with E-state index in [1.807, 2.05) is 0 Å². The fourth-order valence-corrected chi connectivity index (χ4v) is 9.18. The molecule has 0 aliphatic heterocycles. The summed E-state index contributed by atoms with van der Waals surface area (Å²) in [4.78, 5) is 24.6. The van der Waals surface area contributed by atoms with Crippen LogP contribution < -0.4 is 11.1 Å². The van der Waals surface area contributed by atoms with Crippen molar-refractivity contribution in [2.75, 3.05) is 39.6 Å². The fraction of sp³-hybridized carbons (Fsp3) is 0.902.